The smallest absolute Gasteiger partial charge is 0.305 e. The quantitative estimate of drug-likeness (QED) is 0.154. The van der Waals surface area contributed by atoms with Crippen LogP contribution in [0, 0.1) is 22.0 Å². The van der Waals surface area contributed by atoms with Crippen LogP contribution in [0.5, 0.6) is 5.75 Å². The summed E-state index contributed by atoms with van der Waals surface area (Å²) in [6.07, 6.45) is 0.439. The van der Waals surface area contributed by atoms with E-state index >= 15 is 0 Å². The Morgan fingerprint density at radius 2 is 1.84 bits per heavy atom. The lowest BCUT2D eigenvalue weighted by molar-refractivity contribution is -0.384. The standard InChI is InChI=1S/C20H18N2O10/c1-9(23)30-19(31-10(2)24)20-7-6-14(32-20)15-16(20)18(26)21(17(15)25)12-5-4-11(29-3)8-13(12)22(27)28/h4-8,14-16,19H,1-3H3/t14-,15+,16-,20+/m0/s1. The zero-order chi connectivity index (χ0) is 23.4. The molecule has 4 atom stereocenters. The number of nitro benzene ring substituents is 1. The van der Waals surface area contributed by atoms with Crippen LogP contribution in [0.1, 0.15) is 13.8 Å². The van der Waals surface area contributed by atoms with Crippen LogP contribution in [0.15, 0.2) is 30.4 Å². The lowest BCUT2D eigenvalue weighted by atomic mass is 9.76. The van der Waals surface area contributed by atoms with Gasteiger partial charge in [0.15, 0.2) is 5.60 Å². The van der Waals surface area contributed by atoms with Crippen molar-refractivity contribution < 1.29 is 43.0 Å². The molecule has 2 bridgehead atoms. The first-order valence-corrected chi connectivity index (χ1v) is 9.52. The number of ether oxygens (including phenoxy) is 4. The first-order valence-electron chi connectivity index (χ1n) is 9.52. The van der Waals surface area contributed by atoms with E-state index in [4.69, 9.17) is 18.9 Å². The molecule has 0 aliphatic carbocycles. The van der Waals surface area contributed by atoms with Crippen molar-refractivity contribution in [1.29, 1.82) is 0 Å². The normalized spacial score (nSPS) is 27.6. The third-order valence-corrected chi connectivity index (χ3v) is 5.61. The molecular weight excluding hydrogens is 428 g/mol. The molecule has 3 heterocycles. The molecule has 1 aromatic carbocycles. The molecule has 1 aromatic rings. The Bertz CT molecular complexity index is 1070. The van der Waals surface area contributed by atoms with Crippen LogP contribution >= 0.6 is 0 Å². The average molecular weight is 446 g/mol. The molecule has 12 nitrogen and oxygen atoms in total. The molecule has 2 fully saturated rings. The number of nitro groups is 1. The van der Waals surface area contributed by atoms with Crippen molar-refractivity contribution in [1.82, 2.24) is 0 Å². The van der Waals surface area contributed by atoms with E-state index in [1.165, 1.54) is 31.4 Å². The molecule has 4 rings (SSSR count). The van der Waals surface area contributed by atoms with Crippen LogP contribution in [0.3, 0.4) is 0 Å². The van der Waals surface area contributed by atoms with E-state index < -0.39 is 64.2 Å². The minimum Gasteiger partial charge on any atom is -0.496 e. The Morgan fingerprint density at radius 3 is 2.41 bits per heavy atom. The van der Waals surface area contributed by atoms with Crippen molar-refractivity contribution in [3.8, 4) is 5.75 Å². The topological polar surface area (TPSA) is 152 Å². The first-order chi connectivity index (χ1) is 15.1. The maximum atomic E-state index is 13.5. The molecule has 0 saturated carbocycles. The van der Waals surface area contributed by atoms with Gasteiger partial charge >= 0.3 is 11.9 Å². The third-order valence-electron chi connectivity index (χ3n) is 5.61. The van der Waals surface area contributed by atoms with Gasteiger partial charge in [0.05, 0.1) is 36.0 Å². The van der Waals surface area contributed by atoms with E-state index in [0.29, 0.717) is 0 Å². The maximum absolute atomic E-state index is 13.5. The molecule has 0 N–H and O–H groups in total. The van der Waals surface area contributed by atoms with Gasteiger partial charge in [-0.25, -0.2) is 4.90 Å². The molecule has 2 amide bonds. The summed E-state index contributed by atoms with van der Waals surface area (Å²) < 4.78 is 21.1. The van der Waals surface area contributed by atoms with Crippen molar-refractivity contribution in [2.24, 2.45) is 11.8 Å². The third kappa shape index (κ3) is 3.02. The molecule has 3 aliphatic rings. The van der Waals surface area contributed by atoms with Gasteiger partial charge in [0.2, 0.25) is 11.8 Å². The fourth-order valence-electron chi connectivity index (χ4n) is 4.42. The number of fused-ring (bicyclic) bond motifs is 5. The number of anilines is 1. The number of hydrogen-bond donors (Lipinski definition) is 0. The van der Waals surface area contributed by atoms with Crippen LogP contribution in [0.25, 0.3) is 0 Å². The summed E-state index contributed by atoms with van der Waals surface area (Å²) in [4.78, 5) is 61.6. The second-order valence-corrected chi connectivity index (χ2v) is 7.47. The predicted molar refractivity (Wildman–Crippen MR) is 103 cm³/mol. The van der Waals surface area contributed by atoms with Crippen molar-refractivity contribution >= 4 is 35.1 Å². The van der Waals surface area contributed by atoms with E-state index in [9.17, 15) is 29.3 Å². The Hall–Kier alpha value is -3.80. The molecule has 0 unspecified atom stereocenters. The number of methoxy groups -OCH3 is 1. The van der Waals surface area contributed by atoms with Gasteiger partial charge in [-0.05, 0) is 18.2 Å². The maximum Gasteiger partial charge on any atom is 0.305 e. The van der Waals surface area contributed by atoms with Crippen molar-refractivity contribution in [2.45, 2.75) is 31.8 Å². The Kier molecular flexibility index (Phi) is 4.96. The van der Waals surface area contributed by atoms with Gasteiger partial charge < -0.3 is 18.9 Å². The highest BCUT2D eigenvalue weighted by Gasteiger charge is 2.72. The summed E-state index contributed by atoms with van der Waals surface area (Å²) in [5, 5.41) is 11.6. The fraction of sp³-hybridized carbons (Fsp3) is 0.400. The lowest BCUT2D eigenvalue weighted by Crippen LogP contribution is -2.52. The highest BCUT2D eigenvalue weighted by atomic mass is 16.7. The van der Waals surface area contributed by atoms with Gasteiger partial charge in [0.25, 0.3) is 12.0 Å². The lowest BCUT2D eigenvalue weighted by Gasteiger charge is -2.34. The van der Waals surface area contributed by atoms with Gasteiger partial charge in [-0.15, -0.1) is 0 Å². The van der Waals surface area contributed by atoms with E-state index in [-0.39, 0.29) is 11.4 Å². The number of carbonyl (C=O) groups is 4. The van der Waals surface area contributed by atoms with Crippen LogP contribution in [-0.2, 0) is 33.4 Å². The fourth-order valence-corrected chi connectivity index (χ4v) is 4.42. The molecule has 32 heavy (non-hydrogen) atoms. The monoisotopic (exact) mass is 446 g/mol. The number of esters is 2. The van der Waals surface area contributed by atoms with Crippen molar-refractivity contribution in [3.05, 3.63) is 40.5 Å². The Labute approximate surface area is 180 Å². The van der Waals surface area contributed by atoms with E-state index in [1.54, 1.807) is 0 Å². The molecule has 3 aliphatic heterocycles. The SMILES string of the molecule is COc1ccc(N2C(=O)[C@@H]3[C@@H]4C=C[C@@](C(OC(C)=O)OC(C)=O)(O4)[C@@H]3C2=O)c([N+](=O)[O-])c1. The van der Waals surface area contributed by atoms with Gasteiger partial charge in [0.1, 0.15) is 11.4 Å². The second-order valence-electron chi connectivity index (χ2n) is 7.47. The number of benzene rings is 1. The summed E-state index contributed by atoms with van der Waals surface area (Å²) in [5.74, 6) is -5.20. The van der Waals surface area contributed by atoms with Crippen LogP contribution in [-0.4, -0.2) is 53.8 Å². The van der Waals surface area contributed by atoms with E-state index in [2.05, 4.69) is 0 Å². The largest absolute Gasteiger partial charge is 0.496 e. The summed E-state index contributed by atoms with van der Waals surface area (Å²) in [6, 6.07) is 3.73. The highest BCUT2D eigenvalue weighted by Crippen LogP contribution is 2.55. The number of imide groups is 1. The number of nitrogens with zero attached hydrogens (tertiary/aromatic N) is 2. The highest BCUT2D eigenvalue weighted by molar-refractivity contribution is 6.24. The molecule has 0 aromatic heterocycles. The van der Waals surface area contributed by atoms with Crippen LogP contribution < -0.4 is 9.64 Å². The Morgan fingerprint density at radius 1 is 1.19 bits per heavy atom. The first kappa shape index (κ1) is 21.4. The number of hydrogen-bond acceptors (Lipinski definition) is 10. The Balaban J connectivity index is 1.78. The summed E-state index contributed by atoms with van der Waals surface area (Å²) in [5.41, 5.74) is -2.47. The molecular formula is C20H18N2O10. The molecule has 0 spiro atoms. The summed E-state index contributed by atoms with van der Waals surface area (Å²) >= 11 is 0. The zero-order valence-corrected chi connectivity index (χ0v) is 17.2. The summed E-state index contributed by atoms with van der Waals surface area (Å²) in [7, 11) is 1.32. The van der Waals surface area contributed by atoms with Crippen molar-refractivity contribution in [3.63, 3.8) is 0 Å². The van der Waals surface area contributed by atoms with E-state index in [1.807, 2.05) is 0 Å². The van der Waals surface area contributed by atoms with Gasteiger partial charge in [-0.3, -0.25) is 29.3 Å². The molecule has 168 valence electrons. The number of carbonyl (C=O) groups excluding carboxylic acids is 4. The predicted octanol–water partition coefficient (Wildman–Crippen LogP) is 0.869. The van der Waals surface area contributed by atoms with Crippen LogP contribution in [0.2, 0.25) is 0 Å². The second kappa shape index (κ2) is 7.41. The average Bonchev–Trinajstić information content (AvgIpc) is 3.37. The zero-order valence-electron chi connectivity index (χ0n) is 17.2. The van der Waals surface area contributed by atoms with E-state index in [0.717, 1.165) is 24.8 Å². The number of amides is 2. The van der Waals surface area contributed by atoms with Gasteiger partial charge in [-0.1, -0.05) is 6.08 Å². The minimum absolute atomic E-state index is 0.172. The molecule has 12 heteroatoms. The summed E-state index contributed by atoms with van der Waals surface area (Å²) in [6.45, 7) is 2.18. The molecule has 0 radical (unpaired) electrons. The van der Waals surface area contributed by atoms with Gasteiger partial charge in [-0.2, -0.15) is 0 Å². The minimum atomic E-state index is -1.74. The number of rotatable bonds is 6. The van der Waals surface area contributed by atoms with Crippen molar-refractivity contribution in [2.75, 3.05) is 12.0 Å². The van der Waals surface area contributed by atoms with Gasteiger partial charge in [0, 0.05) is 13.8 Å². The molecule has 2 saturated heterocycles. The van der Waals surface area contributed by atoms with Crippen LogP contribution in [0.4, 0.5) is 11.4 Å².